The summed E-state index contributed by atoms with van der Waals surface area (Å²) in [5.74, 6) is -0.0329. The predicted octanol–water partition coefficient (Wildman–Crippen LogP) is 0.994. The van der Waals surface area contributed by atoms with Crippen LogP contribution in [0.15, 0.2) is 30.6 Å². The smallest absolute Gasteiger partial charge is 0.237 e. The molecule has 2 aliphatic heterocycles. The summed E-state index contributed by atoms with van der Waals surface area (Å²) in [5, 5.41) is 2.91. The maximum Gasteiger partial charge on any atom is 0.237 e. The van der Waals surface area contributed by atoms with Gasteiger partial charge >= 0.3 is 0 Å². The lowest BCUT2D eigenvalue weighted by molar-refractivity contribution is -0.139. The molecule has 2 aliphatic rings. The normalized spacial score (nSPS) is 20.3. The summed E-state index contributed by atoms with van der Waals surface area (Å²) in [6.45, 7) is 5.33. The molecule has 1 atom stereocenters. The van der Waals surface area contributed by atoms with E-state index in [0.29, 0.717) is 26.2 Å². The van der Waals surface area contributed by atoms with Crippen LogP contribution in [0.25, 0.3) is 0 Å². The first-order chi connectivity index (χ1) is 13.1. The number of aryl methyl sites for hydroxylation is 1. The van der Waals surface area contributed by atoms with Crippen molar-refractivity contribution in [3.63, 3.8) is 0 Å². The van der Waals surface area contributed by atoms with Gasteiger partial charge in [-0.15, -0.1) is 0 Å². The number of imidazole rings is 1. The first-order valence-electron chi connectivity index (χ1n) is 9.47. The molecule has 1 fully saturated rings. The van der Waals surface area contributed by atoms with Crippen molar-refractivity contribution >= 4 is 11.8 Å². The summed E-state index contributed by atoms with van der Waals surface area (Å²) in [6.07, 6.45) is 2.65. The number of hydrogen-bond donors (Lipinski definition) is 2. The number of nitrogens with zero attached hydrogens (tertiary/aromatic N) is 3. The van der Waals surface area contributed by atoms with Crippen LogP contribution in [-0.4, -0.2) is 57.3 Å². The quantitative estimate of drug-likeness (QED) is 0.845. The molecule has 3 heterocycles. The van der Waals surface area contributed by atoms with Crippen LogP contribution < -0.4 is 5.32 Å². The van der Waals surface area contributed by atoms with Crippen molar-refractivity contribution in [1.82, 2.24) is 25.1 Å². The number of benzene rings is 1. The van der Waals surface area contributed by atoms with Crippen LogP contribution in [0.1, 0.15) is 28.9 Å². The van der Waals surface area contributed by atoms with Crippen molar-refractivity contribution in [2.45, 2.75) is 38.9 Å². The van der Waals surface area contributed by atoms with Gasteiger partial charge in [-0.05, 0) is 18.1 Å². The summed E-state index contributed by atoms with van der Waals surface area (Å²) in [7, 11) is 0. The first-order valence-corrected chi connectivity index (χ1v) is 9.47. The van der Waals surface area contributed by atoms with Gasteiger partial charge in [-0.25, -0.2) is 4.98 Å². The van der Waals surface area contributed by atoms with Gasteiger partial charge in [0.2, 0.25) is 11.8 Å². The van der Waals surface area contributed by atoms with E-state index >= 15 is 0 Å². The highest BCUT2D eigenvalue weighted by atomic mass is 16.2. The van der Waals surface area contributed by atoms with Crippen molar-refractivity contribution in [3.8, 4) is 0 Å². The lowest BCUT2D eigenvalue weighted by Crippen LogP contribution is -2.56. The molecule has 0 saturated carbocycles. The Hall–Kier alpha value is -2.67. The van der Waals surface area contributed by atoms with Gasteiger partial charge in [0.15, 0.2) is 0 Å². The van der Waals surface area contributed by atoms with Gasteiger partial charge in [0, 0.05) is 32.6 Å². The Bertz CT molecular complexity index is 846. The van der Waals surface area contributed by atoms with E-state index in [-0.39, 0.29) is 18.2 Å². The highest BCUT2D eigenvalue weighted by molar-refractivity contribution is 5.89. The number of carbonyl (C=O) groups excluding carboxylic acids is 2. The van der Waals surface area contributed by atoms with Crippen molar-refractivity contribution in [1.29, 1.82) is 0 Å². The zero-order valence-corrected chi connectivity index (χ0v) is 15.6. The maximum atomic E-state index is 12.9. The summed E-state index contributed by atoms with van der Waals surface area (Å²) in [6, 6.07) is 7.78. The van der Waals surface area contributed by atoms with E-state index in [2.05, 4.69) is 39.2 Å². The van der Waals surface area contributed by atoms with Gasteiger partial charge in [-0.1, -0.05) is 24.3 Å². The minimum atomic E-state index is -0.422. The SMILES string of the molecule is Cc1ccccc1CN1CCNC(=O)[C@H]1CC(=O)N1CCc2nc[nH]c2C1. The number of aromatic nitrogens is 2. The molecule has 7 heteroatoms. The van der Waals surface area contributed by atoms with E-state index in [1.807, 2.05) is 17.0 Å². The lowest BCUT2D eigenvalue weighted by Gasteiger charge is -2.36. The van der Waals surface area contributed by atoms with Crippen LogP contribution in [0.5, 0.6) is 0 Å². The summed E-state index contributed by atoms with van der Waals surface area (Å²) < 4.78 is 0. The molecule has 142 valence electrons. The molecule has 2 N–H and O–H groups in total. The van der Waals surface area contributed by atoms with Crippen LogP contribution >= 0.6 is 0 Å². The molecule has 0 radical (unpaired) electrons. The summed E-state index contributed by atoms with van der Waals surface area (Å²) >= 11 is 0. The molecule has 1 saturated heterocycles. The zero-order valence-electron chi connectivity index (χ0n) is 15.6. The Balaban J connectivity index is 1.45. The predicted molar refractivity (Wildman–Crippen MR) is 101 cm³/mol. The maximum absolute atomic E-state index is 12.9. The van der Waals surface area contributed by atoms with Crippen molar-refractivity contribution in [2.24, 2.45) is 0 Å². The highest BCUT2D eigenvalue weighted by Crippen LogP contribution is 2.20. The molecule has 2 amide bonds. The van der Waals surface area contributed by atoms with Crippen molar-refractivity contribution < 1.29 is 9.59 Å². The van der Waals surface area contributed by atoms with Gasteiger partial charge in [0.05, 0.1) is 36.7 Å². The van der Waals surface area contributed by atoms with Gasteiger partial charge in [-0.3, -0.25) is 14.5 Å². The molecule has 7 nitrogen and oxygen atoms in total. The second-order valence-electron chi connectivity index (χ2n) is 7.30. The molecule has 27 heavy (non-hydrogen) atoms. The van der Waals surface area contributed by atoms with E-state index in [0.717, 1.165) is 24.4 Å². The minimum Gasteiger partial charge on any atom is -0.353 e. The molecule has 2 aromatic rings. The van der Waals surface area contributed by atoms with E-state index in [1.165, 1.54) is 11.1 Å². The fourth-order valence-electron chi connectivity index (χ4n) is 3.90. The average molecular weight is 367 g/mol. The molecule has 1 aromatic carbocycles. The number of amides is 2. The number of nitrogens with one attached hydrogen (secondary N) is 2. The second kappa shape index (κ2) is 7.52. The Morgan fingerprint density at radius 1 is 1.30 bits per heavy atom. The number of aromatic amines is 1. The zero-order chi connectivity index (χ0) is 18.8. The monoisotopic (exact) mass is 367 g/mol. The average Bonchev–Trinajstić information content (AvgIpc) is 3.14. The van der Waals surface area contributed by atoms with E-state index in [9.17, 15) is 9.59 Å². The van der Waals surface area contributed by atoms with Crippen molar-refractivity contribution in [3.05, 3.63) is 53.1 Å². The van der Waals surface area contributed by atoms with Gasteiger partial charge in [0.25, 0.3) is 0 Å². The minimum absolute atomic E-state index is 0.0204. The number of piperazine rings is 1. The lowest BCUT2D eigenvalue weighted by atomic mass is 10.0. The van der Waals surface area contributed by atoms with Crippen LogP contribution in [0.2, 0.25) is 0 Å². The van der Waals surface area contributed by atoms with E-state index in [1.54, 1.807) is 6.33 Å². The molecule has 0 unspecified atom stereocenters. The number of carbonyl (C=O) groups is 2. The van der Waals surface area contributed by atoms with Crippen LogP contribution in [0.4, 0.5) is 0 Å². The number of hydrogen-bond acceptors (Lipinski definition) is 4. The molecule has 0 spiro atoms. The first kappa shape index (κ1) is 17.7. The number of H-pyrrole nitrogens is 1. The van der Waals surface area contributed by atoms with Crippen LogP contribution in [-0.2, 0) is 29.1 Å². The molecular formula is C20H25N5O2. The fourth-order valence-corrected chi connectivity index (χ4v) is 3.90. The largest absolute Gasteiger partial charge is 0.353 e. The molecule has 0 aliphatic carbocycles. The molecule has 0 bridgehead atoms. The van der Waals surface area contributed by atoms with Crippen LogP contribution in [0, 0.1) is 6.92 Å². The van der Waals surface area contributed by atoms with E-state index in [4.69, 9.17) is 0 Å². The number of fused-ring (bicyclic) bond motifs is 1. The Kier molecular flexibility index (Phi) is 4.94. The van der Waals surface area contributed by atoms with Gasteiger partial charge < -0.3 is 15.2 Å². The van der Waals surface area contributed by atoms with Crippen molar-refractivity contribution in [2.75, 3.05) is 19.6 Å². The second-order valence-corrected chi connectivity index (χ2v) is 7.30. The van der Waals surface area contributed by atoms with Crippen LogP contribution in [0.3, 0.4) is 0 Å². The Labute approximate surface area is 158 Å². The third kappa shape index (κ3) is 3.73. The third-order valence-electron chi connectivity index (χ3n) is 5.57. The van der Waals surface area contributed by atoms with E-state index < -0.39 is 6.04 Å². The van der Waals surface area contributed by atoms with Gasteiger partial charge in [-0.2, -0.15) is 0 Å². The topological polar surface area (TPSA) is 81.3 Å². The van der Waals surface area contributed by atoms with Gasteiger partial charge in [0.1, 0.15) is 0 Å². The highest BCUT2D eigenvalue weighted by Gasteiger charge is 2.34. The molecule has 4 rings (SSSR count). The molecule has 1 aromatic heterocycles. The Morgan fingerprint density at radius 3 is 3.00 bits per heavy atom. The summed E-state index contributed by atoms with van der Waals surface area (Å²) in [5.41, 5.74) is 4.44. The fraction of sp³-hybridized carbons (Fsp3) is 0.450. The molecular weight excluding hydrogens is 342 g/mol. The third-order valence-corrected chi connectivity index (χ3v) is 5.57. The standard InChI is InChI=1S/C20H25N5O2/c1-14-4-2-3-5-15(14)11-24-9-7-21-20(27)18(24)10-19(26)25-8-6-16-17(12-25)23-13-22-16/h2-5,13,18H,6-12H2,1H3,(H,21,27)(H,22,23)/t18-/m1/s1. The number of rotatable bonds is 4. The Morgan fingerprint density at radius 2 is 2.15 bits per heavy atom. The summed E-state index contributed by atoms with van der Waals surface area (Å²) in [4.78, 5) is 36.8.